The topological polar surface area (TPSA) is 213 Å². The summed E-state index contributed by atoms with van der Waals surface area (Å²) in [4.78, 5) is 42.5. The Morgan fingerprint density at radius 3 is 1.26 bits per heavy atom. The molecule has 0 radical (unpaired) electrons. The van der Waals surface area contributed by atoms with E-state index in [4.69, 9.17) is 0 Å². The molecule has 0 aromatic heterocycles. The number of carbonyl (C=O) groups excluding carboxylic acids is 2. The van der Waals surface area contributed by atoms with Crippen molar-refractivity contribution in [1.29, 1.82) is 0 Å². The van der Waals surface area contributed by atoms with E-state index in [1.165, 1.54) is 24.3 Å². The standard InChI is InChI=1S/C19H20N4O10S2/c24-18(20-14-4-8-16(9-5-14)34(30,31)12-22(26)27)2-1-3-19(25)21-15-6-10-17(11-7-15)35(32,33)13-23(28)29/h4-11H,1-3,12-13H2,(H,20,24)(H,21,25). The van der Waals surface area contributed by atoms with Gasteiger partial charge in [0.1, 0.15) is 0 Å². The van der Waals surface area contributed by atoms with Gasteiger partial charge < -0.3 is 10.6 Å². The van der Waals surface area contributed by atoms with Crippen LogP contribution in [0.25, 0.3) is 0 Å². The Morgan fingerprint density at radius 1 is 0.657 bits per heavy atom. The number of hydrogen-bond donors (Lipinski definition) is 2. The molecule has 0 aliphatic rings. The van der Waals surface area contributed by atoms with Crippen molar-refractivity contribution in [3.05, 3.63) is 68.8 Å². The second-order valence-electron chi connectivity index (χ2n) is 7.15. The Kier molecular flexibility index (Phi) is 8.96. The van der Waals surface area contributed by atoms with E-state index in [1.807, 2.05) is 0 Å². The van der Waals surface area contributed by atoms with Crippen molar-refractivity contribution in [3.63, 3.8) is 0 Å². The molecule has 2 aromatic rings. The number of hydrogen-bond acceptors (Lipinski definition) is 10. The Hall–Kier alpha value is -3.92. The lowest BCUT2D eigenvalue weighted by Gasteiger charge is -2.08. The van der Waals surface area contributed by atoms with E-state index in [9.17, 15) is 46.7 Å². The predicted octanol–water partition coefficient (Wildman–Crippen LogP) is 1.45. The number of benzene rings is 2. The van der Waals surface area contributed by atoms with Crippen molar-refractivity contribution < 1.29 is 36.3 Å². The number of anilines is 2. The number of rotatable bonds is 12. The molecule has 188 valence electrons. The highest BCUT2D eigenvalue weighted by Crippen LogP contribution is 2.17. The van der Waals surface area contributed by atoms with Crippen molar-refractivity contribution in [2.24, 2.45) is 0 Å². The number of nitrogens with one attached hydrogen (secondary N) is 2. The predicted molar refractivity (Wildman–Crippen MR) is 122 cm³/mol. The fraction of sp³-hybridized carbons (Fsp3) is 0.263. The third kappa shape index (κ3) is 8.74. The van der Waals surface area contributed by atoms with Gasteiger partial charge in [0.25, 0.3) is 0 Å². The third-order valence-corrected chi connectivity index (χ3v) is 7.44. The molecule has 14 nitrogen and oxygen atoms in total. The first-order valence-corrected chi connectivity index (χ1v) is 13.1. The normalized spacial score (nSPS) is 11.4. The van der Waals surface area contributed by atoms with E-state index in [2.05, 4.69) is 10.6 Å². The zero-order chi connectivity index (χ0) is 26.2. The summed E-state index contributed by atoms with van der Waals surface area (Å²) in [5.74, 6) is -3.38. The smallest absolute Gasteiger partial charge is 0.305 e. The Bertz CT molecular complexity index is 1220. The quantitative estimate of drug-likeness (QED) is 0.299. The Balaban J connectivity index is 1.80. The molecule has 0 saturated heterocycles. The van der Waals surface area contributed by atoms with E-state index in [0.717, 1.165) is 24.3 Å². The van der Waals surface area contributed by atoms with E-state index < -0.39 is 53.1 Å². The van der Waals surface area contributed by atoms with Gasteiger partial charge in [0, 0.05) is 34.1 Å². The molecule has 2 amide bonds. The van der Waals surface area contributed by atoms with Crippen LogP contribution < -0.4 is 10.6 Å². The van der Waals surface area contributed by atoms with Crippen molar-refractivity contribution >= 4 is 42.9 Å². The fourth-order valence-electron chi connectivity index (χ4n) is 2.77. The zero-order valence-corrected chi connectivity index (χ0v) is 19.6. The molecule has 0 spiro atoms. The molecule has 2 aromatic carbocycles. The van der Waals surface area contributed by atoms with Gasteiger partial charge in [-0.15, -0.1) is 0 Å². The highest BCUT2D eigenvalue weighted by Gasteiger charge is 2.22. The molecule has 2 rings (SSSR count). The average molecular weight is 529 g/mol. The monoisotopic (exact) mass is 528 g/mol. The van der Waals surface area contributed by atoms with Crippen LogP contribution in [-0.4, -0.2) is 50.3 Å². The van der Waals surface area contributed by atoms with Gasteiger partial charge in [-0.05, 0) is 55.0 Å². The minimum atomic E-state index is -4.08. The molecule has 2 N–H and O–H groups in total. The minimum Gasteiger partial charge on any atom is -0.326 e. The third-order valence-electron chi connectivity index (χ3n) is 4.35. The number of nitro groups is 2. The minimum absolute atomic E-state index is 0.0349. The lowest BCUT2D eigenvalue weighted by Crippen LogP contribution is -2.16. The van der Waals surface area contributed by atoms with Gasteiger partial charge in [-0.3, -0.25) is 29.8 Å². The highest BCUT2D eigenvalue weighted by molar-refractivity contribution is 7.91. The van der Waals surface area contributed by atoms with Gasteiger partial charge in [0.05, 0.1) is 9.79 Å². The number of amides is 2. The van der Waals surface area contributed by atoms with E-state index in [0.29, 0.717) is 0 Å². The van der Waals surface area contributed by atoms with Crippen LogP contribution in [-0.2, 0) is 29.3 Å². The molecule has 0 unspecified atom stereocenters. The van der Waals surface area contributed by atoms with Crippen LogP contribution in [0.1, 0.15) is 19.3 Å². The number of nitrogens with zero attached hydrogens (tertiary/aromatic N) is 2. The fourth-order valence-corrected chi connectivity index (χ4v) is 4.73. The molecule has 0 atom stereocenters. The second kappa shape index (κ2) is 11.5. The first-order valence-electron chi connectivity index (χ1n) is 9.77. The van der Waals surface area contributed by atoms with Crippen LogP contribution in [0.4, 0.5) is 11.4 Å². The lowest BCUT2D eigenvalue weighted by atomic mass is 10.2. The summed E-state index contributed by atoms with van der Waals surface area (Å²) in [6, 6.07) is 9.68. The molecule has 0 saturated carbocycles. The summed E-state index contributed by atoms with van der Waals surface area (Å²) in [5.41, 5.74) is 0.540. The molecule has 0 bridgehead atoms. The van der Waals surface area contributed by atoms with Gasteiger partial charge in [0.2, 0.25) is 31.5 Å². The second-order valence-corrected chi connectivity index (χ2v) is 11.1. The maximum Gasteiger partial charge on any atom is 0.305 e. The summed E-state index contributed by atoms with van der Waals surface area (Å²) in [7, 11) is -8.16. The van der Waals surface area contributed by atoms with Crippen LogP contribution in [0.2, 0.25) is 0 Å². The number of carbonyl (C=O) groups is 2. The first kappa shape index (κ1) is 27.3. The molecule has 0 aliphatic carbocycles. The van der Waals surface area contributed by atoms with Crippen molar-refractivity contribution in [2.75, 3.05) is 22.4 Å². The number of sulfone groups is 2. The Morgan fingerprint density at radius 2 is 0.971 bits per heavy atom. The van der Waals surface area contributed by atoms with Crippen molar-refractivity contribution in [1.82, 2.24) is 0 Å². The summed E-state index contributed by atoms with van der Waals surface area (Å²) in [6.45, 7) is 0. The van der Waals surface area contributed by atoms with Crippen molar-refractivity contribution in [3.8, 4) is 0 Å². The molecule has 0 heterocycles. The average Bonchev–Trinajstić information content (AvgIpc) is 2.72. The van der Waals surface area contributed by atoms with Crippen LogP contribution in [0.3, 0.4) is 0 Å². The van der Waals surface area contributed by atoms with Gasteiger partial charge in [-0.1, -0.05) is 0 Å². The van der Waals surface area contributed by atoms with E-state index >= 15 is 0 Å². The summed E-state index contributed by atoms with van der Waals surface area (Å²) in [6.07, 6.45) is 0.0992. The molecule has 35 heavy (non-hydrogen) atoms. The summed E-state index contributed by atoms with van der Waals surface area (Å²) < 4.78 is 47.2. The first-order chi connectivity index (χ1) is 16.3. The molecule has 0 aliphatic heterocycles. The van der Waals surface area contributed by atoms with Crippen LogP contribution >= 0.6 is 0 Å². The highest BCUT2D eigenvalue weighted by atomic mass is 32.2. The molecular formula is C19H20N4O10S2. The van der Waals surface area contributed by atoms with Crippen LogP contribution in [0.15, 0.2) is 58.3 Å². The largest absolute Gasteiger partial charge is 0.326 e. The van der Waals surface area contributed by atoms with Crippen LogP contribution in [0, 0.1) is 20.2 Å². The van der Waals surface area contributed by atoms with Crippen LogP contribution in [0.5, 0.6) is 0 Å². The maximum absolute atomic E-state index is 12.0. The summed E-state index contributed by atoms with van der Waals surface area (Å²) >= 11 is 0. The van der Waals surface area contributed by atoms with Gasteiger partial charge in [0.15, 0.2) is 0 Å². The van der Waals surface area contributed by atoms with E-state index in [1.54, 1.807) is 0 Å². The molecular weight excluding hydrogens is 508 g/mol. The lowest BCUT2D eigenvalue weighted by molar-refractivity contribution is -0.458. The molecule has 16 heteroatoms. The summed E-state index contributed by atoms with van der Waals surface area (Å²) in [5, 5.41) is 25.9. The molecule has 0 fully saturated rings. The van der Waals surface area contributed by atoms with Gasteiger partial charge in [-0.25, -0.2) is 16.8 Å². The van der Waals surface area contributed by atoms with Gasteiger partial charge >= 0.3 is 11.8 Å². The maximum atomic E-state index is 12.0. The Labute approximate surface area is 199 Å². The van der Waals surface area contributed by atoms with E-state index in [-0.39, 0.29) is 40.4 Å². The SMILES string of the molecule is O=C(CCCC(=O)Nc1ccc(S(=O)(=O)C[N+](=O)[O-])cc1)Nc1ccc(S(=O)(=O)C[N+](=O)[O-])cc1. The van der Waals surface area contributed by atoms with Gasteiger partial charge in [-0.2, -0.15) is 0 Å². The zero-order valence-electron chi connectivity index (χ0n) is 17.9. The van der Waals surface area contributed by atoms with Crippen molar-refractivity contribution in [2.45, 2.75) is 29.1 Å².